The first-order valence-corrected chi connectivity index (χ1v) is 11.9. The van der Waals surface area contributed by atoms with Gasteiger partial charge in [-0.25, -0.2) is 0 Å². The number of nitrogens with one attached hydrogen (secondary N) is 1. The third-order valence-electron chi connectivity index (χ3n) is 6.85. The van der Waals surface area contributed by atoms with Gasteiger partial charge < -0.3 is 15.1 Å². The summed E-state index contributed by atoms with van der Waals surface area (Å²) in [5, 5.41) is 3.13. The van der Waals surface area contributed by atoms with Crippen LogP contribution in [0, 0.1) is 5.92 Å². The van der Waals surface area contributed by atoms with Crippen molar-refractivity contribution in [3.63, 3.8) is 0 Å². The second-order valence-corrected chi connectivity index (χ2v) is 9.05. The maximum absolute atomic E-state index is 12.9. The maximum atomic E-state index is 12.9. The molecule has 2 amide bonds. The number of benzene rings is 1. The number of rotatable bonds is 5. The van der Waals surface area contributed by atoms with E-state index in [1.807, 2.05) is 18.2 Å². The van der Waals surface area contributed by atoms with Gasteiger partial charge in [0.15, 0.2) is 0 Å². The molecule has 0 unspecified atom stereocenters. The topological polar surface area (TPSA) is 55.9 Å². The van der Waals surface area contributed by atoms with E-state index in [9.17, 15) is 9.59 Å². The third kappa shape index (κ3) is 5.34. The summed E-state index contributed by atoms with van der Waals surface area (Å²) in [4.78, 5) is 32.2. The lowest BCUT2D eigenvalue weighted by Crippen LogP contribution is -2.44. The Bertz CT molecular complexity index is 716. The number of para-hydroxylation sites is 2. The number of anilines is 2. The van der Waals surface area contributed by atoms with E-state index in [4.69, 9.17) is 0 Å². The van der Waals surface area contributed by atoms with Crippen LogP contribution in [0.3, 0.4) is 0 Å². The molecule has 3 aliphatic rings. The van der Waals surface area contributed by atoms with E-state index in [-0.39, 0.29) is 11.8 Å². The number of nitrogens with zero attached hydrogens (tertiary/aromatic N) is 3. The average Bonchev–Trinajstić information content (AvgIpc) is 3.16. The van der Waals surface area contributed by atoms with Gasteiger partial charge in [-0.1, -0.05) is 25.0 Å². The van der Waals surface area contributed by atoms with E-state index in [0.717, 1.165) is 76.3 Å². The van der Waals surface area contributed by atoms with Gasteiger partial charge in [0.05, 0.1) is 17.9 Å². The molecule has 0 aromatic heterocycles. The summed E-state index contributed by atoms with van der Waals surface area (Å²) in [5.74, 6) is 0.526. The van der Waals surface area contributed by atoms with Crippen molar-refractivity contribution < 1.29 is 9.59 Å². The minimum absolute atomic E-state index is 0.0407. The fraction of sp³-hybridized carbons (Fsp3) is 0.667. The molecule has 6 heteroatoms. The van der Waals surface area contributed by atoms with Crippen molar-refractivity contribution in [1.82, 2.24) is 9.80 Å². The first-order valence-electron chi connectivity index (χ1n) is 11.9. The summed E-state index contributed by atoms with van der Waals surface area (Å²) in [7, 11) is 0. The fourth-order valence-electron chi connectivity index (χ4n) is 5.09. The summed E-state index contributed by atoms with van der Waals surface area (Å²) in [6.07, 6.45) is 8.95. The summed E-state index contributed by atoms with van der Waals surface area (Å²) >= 11 is 0. The van der Waals surface area contributed by atoms with E-state index in [1.165, 1.54) is 25.7 Å². The van der Waals surface area contributed by atoms with Crippen LogP contribution in [0.4, 0.5) is 11.4 Å². The van der Waals surface area contributed by atoms with Crippen LogP contribution in [0.5, 0.6) is 0 Å². The molecule has 0 bridgehead atoms. The van der Waals surface area contributed by atoms with Crippen LogP contribution >= 0.6 is 0 Å². The number of piperidine rings is 1. The molecular weight excluding hydrogens is 376 g/mol. The van der Waals surface area contributed by atoms with Gasteiger partial charge in [0.25, 0.3) is 0 Å². The number of amides is 2. The van der Waals surface area contributed by atoms with E-state index >= 15 is 0 Å². The zero-order valence-corrected chi connectivity index (χ0v) is 18.2. The molecule has 1 N–H and O–H groups in total. The lowest BCUT2D eigenvalue weighted by molar-refractivity contribution is -0.137. The zero-order chi connectivity index (χ0) is 20.8. The van der Waals surface area contributed by atoms with Crippen molar-refractivity contribution in [1.29, 1.82) is 0 Å². The Kier molecular flexibility index (Phi) is 7.26. The molecule has 3 fully saturated rings. The number of carbonyl (C=O) groups is 2. The summed E-state index contributed by atoms with van der Waals surface area (Å²) in [6.45, 7) is 6.03. The lowest BCUT2D eigenvalue weighted by atomic mass is 9.95. The number of carbonyl (C=O) groups excluding carboxylic acids is 2. The highest BCUT2D eigenvalue weighted by Gasteiger charge is 2.29. The van der Waals surface area contributed by atoms with E-state index in [0.29, 0.717) is 12.5 Å². The molecule has 0 radical (unpaired) electrons. The van der Waals surface area contributed by atoms with Crippen molar-refractivity contribution in [2.24, 2.45) is 5.92 Å². The van der Waals surface area contributed by atoms with Gasteiger partial charge in [0, 0.05) is 32.1 Å². The fourth-order valence-corrected chi connectivity index (χ4v) is 5.09. The summed E-state index contributed by atoms with van der Waals surface area (Å²) in [6, 6.07) is 8.11. The SMILES string of the molecule is O=C(CN1CCC(C(=O)N2CCCCCC2)CC1)Nc1ccccc1N1CCCC1. The molecule has 0 atom stereocenters. The Labute approximate surface area is 180 Å². The van der Waals surface area contributed by atoms with E-state index in [1.54, 1.807) is 0 Å². The predicted octanol–water partition coefficient (Wildman–Crippen LogP) is 3.34. The quantitative estimate of drug-likeness (QED) is 0.806. The maximum Gasteiger partial charge on any atom is 0.238 e. The highest BCUT2D eigenvalue weighted by atomic mass is 16.2. The Hall–Kier alpha value is -2.08. The lowest BCUT2D eigenvalue weighted by Gasteiger charge is -2.33. The number of likely N-dealkylation sites (tertiary alicyclic amines) is 2. The van der Waals surface area contributed by atoms with Crippen molar-refractivity contribution >= 4 is 23.2 Å². The number of hydrogen-bond acceptors (Lipinski definition) is 4. The zero-order valence-electron chi connectivity index (χ0n) is 18.2. The molecule has 1 aromatic carbocycles. The predicted molar refractivity (Wildman–Crippen MR) is 121 cm³/mol. The van der Waals surface area contributed by atoms with Crippen LogP contribution in [-0.2, 0) is 9.59 Å². The average molecular weight is 413 g/mol. The van der Waals surface area contributed by atoms with E-state index in [2.05, 4.69) is 26.1 Å². The Balaban J connectivity index is 1.25. The van der Waals surface area contributed by atoms with Crippen LogP contribution in [0.15, 0.2) is 24.3 Å². The van der Waals surface area contributed by atoms with Gasteiger partial charge in [-0.15, -0.1) is 0 Å². The molecule has 6 nitrogen and oxygen atoms in total. The van der Waals surface area contributed by atoms with Gasteiger partial charge in [0.2, 0.25) is 11.8 Å². The largest absolute Gasteiger partial charge is 0.370 e. The van der Waals surface area contributed by atoms with Gasteiger partial charge in [0.1, 0.15) is 0 Å². The monoisotopic (exact) mass is 412 g/mol. The third-order valence-corrected chi connectivity index (χ3v) is 6.85. The Morgan fingerprint density at radius 1 is 0.833 bits per heavy atom. The van der Waals surface area contributed by atoms with Crippen LogP contribution in [0.1, 0.15) is 51.4 Å². The second-order valence-electron chi connectivity index (χ2n) is 9.05. The Morgan fingerprint density at radius 2 is 1.47 bits per heavy atom. The Morgan fingerprint density at radius 3 is 2.17 bits per heavy atom. The van der Waals surface area contributed by atoms with Gasteiger partial charge in [-0.05, 0) is 63.7 Å². The molecule has 3 aliphatic heterocycles. The molecule has 1 aromatic rings. The second kappa shape index (κ2) is 10.3. The molecule has 4 rings (SSSR count). The summed E-state index contributed by atoms with van der Waals surface area (Å²) in [5.41, 5.74) is 2.04. The normalized spacial score (nSPS) is 21.5. The van der Waals surface area contributed by atoms with Crippen molar-refractivity contribution in [2.45, 2.75) is 51.4 Å². The van der Waals surface area contributed by atoms with E-state index < -0.39 is 0 Å². The molecule has 30 heavy (non-hydrogen) atoms. The molecule has 0 aliphatic carbocycles. The molecule has 3 saturated heterocycles. The van der Waals surface area contributed by atoms with Gasteiger partial charge in [-0.2, -0.15) is 0 Å². The van der Waals surface area contributed by atoms with Crippen LogP contribution in [0.2, 0.25) is 0 Å². The van der Waals surface area contributed by atoms with Gasteiger partial charge in [-0.3, -0.25) is 14.5 Å². The molecule has 0 saturated carbocycles. The molecular formula is C24H36N4O2. The minimum Gasteiger partial charge on any atom is -0.370 e. The van der Waals surface area contributed by atoms with Crippen molar-refractivity contribution in [3.05, 3.63) is 24.3 Å². The summed E-state index contributed by atoms with van der Waals surface area (Å²) < 4.78 is 0. The van der Waals surface area contributed by atoms with Crippen molar-refractivity contribution in [3.8, 4) is 0 Å². The highest BCUT2D eigenvalue weighted by Crippen LogP contribution is 2.29. The van der Waals surface area contributed by atoms with Gasteiger partial charge >= 0.3 is 0 Å². The van der Waals surface area contributed by atoms with Crippen molar-refractivity contribution in [2.75, 3.05) is 56.0 Å². The van der Waals surface area contributed by atoms with Crippen LogP contribution in [-0.4, -0.2) is 67.4 Å². The molecule has 0 spiro atoms. The van der Waals surface area contributed by atoms with Crippen LogP contribution in [0.25, 0.3) is 0 Å². The van der Waals surface area contributed by atoms with Crippen LogP contribution < -0.4 is 10.2 Å². The number of hydrogen-bond donors (Lipinski definition) is 1. The first kappa shape index (κ1) is 21.2. The smallest absolute Gasteiger partial charge is 0.238 e. The molecule has 164 valence electrons. The first-order chi connectivity index (χ1) is 14.7. The minimum atomic E-state index is 0.0407. The standard InChI is InChI=1S/C24H36N4O2/c29-23(25-21-9-3-4-10-22(21)27-13-7-8-14-27)19-26-17-11-20(12-18-26)24(30)28-15-5-1-2-6-16-28/h3-4,9-10,20H,1-2,5-8,11-19H2,(H,25,29). The molecule has 3 heterocycles. The highest BCUT2D eigenvalue weighted by molar-refractivity contribution is 5.95.